The Labute approximate surface area is 103 Å². The van der Waals surface area contributed by atoms with Gasteiger partial charge in [0.1, 0.15) is 5.75 Å². The summed E-state index contributed by atoms with van der Waals surface area (Å²) >= 11 is 0. The zero-order chi connectivity index (χ0) is 13.1. The number of carboxylic acids is 1. The fraction of sp³-hybridized carbons (Fsp3) is 0.0714. The van der Waals surface area contributed by atoms with Crippen molar-refractivity contribution in [1.29, 1.82) is 0 Å². The number of aliphatic carboxylic acids is 1. The van der Waals surface area contributed by atoms with Gasteiger partial charge in [-0.3, -0.25) is 0 Å². The van der Waals surface area contributed by atoms with Crippen LogP contribution in [0.2, 0.25) is 0 Å². The van der Waals surface area contributed by atoms with Crippen molar-refractivity contribution >= 4 is 22.8 Å². The van der Waals surface area contributed by atoms with Crippen molar-refractivity contribution in [2.75, 3.05) is 0 Å². The Kier molecular flexibility index (Phi) is 3.30. The van der Waals surface area contributed by atoms with E-state index in [1.165, 1.54) is 6.08 Å². The molecule has 4 heteroatoms. The van der Waals surface area contributed by atoms with Gasteiger partial charge in [0.2, 0.25) is 0 Å². The molecule has 0 aliphatic carbocycles. The summed E-state index contributed by atoms with van der Waals surface area (Å²) in [6, 6.07) is 10.8. The summed E-state index contributed by atoms with van der Waals surface area (Å²) in [6.07, 6.45) is 0.933. The summed E-state index contributed by atoms with van der Waals surface area (Å²) in [5, 5.41) is 29.3. The minimum Gasteiger partial charge on any atom is -0.507 e. The van der Waals surface area contributed by atoms with Gasteiger partial charge in [-0.05, 0) is 11.5 Å². The number of carboxylic acid groups (broad SMARTS) is 1. The highest BCUT2D eigenvalue weighted by Gasteiger charge is 2.09. The summed E-state index contributed by atoms with van der Waals surface area (Å²) in [4.78, 5) is 10.5. The van der Waals surface area contributed by atoms with Crippen molar-refractivity contribution in [3.8, 4) is 5.75 Å². The normalized spacial score (nSPS) is 12.9. The maximum Gasteiger partial charge on any atom is 0.336 e. The zero-order valence-corrected chi connectivity index (χ0v) is 9.45. The van der Waals surface area contributed by atoms with Gasteiger partial charge in [-0.15, -0.1) is 0 Å². The van der Waals surface area contributed by atoms with Crippen molar-refractivity contribution < 1.29 is 20.1 Å². The fourth-order valence-electron chi connectivity index (χ4n) is 1.68. The predicted molar refractivity (Wildman–Crippen MR) is 68.3 cm³/mol. The Morgan fingerprint density at radius 1 is 1.17 bits per heavy atom. The summed E-state index contributed by atoms with van der Waals surface area (Å²) in [5.41, 5.74) is 0.467. The molecule has 0 fully saturated rings. The number of aliphatic hydroxyl groups is 1. The summed E-state index contributed by atoms with van der Waals surface area (Å²) in [6.45, 7) is 0. The number of hydrogen-bond donors (Lipinski definition) is 3. The van der Waals surface area contributed by atoms with E-state index in [-0.39, 0.29) is 5.75 Å². The van der Waals surface area contributed by atoms with Gasteiger partial charge in [0.15, 0.2) is 6.10 Å². The largest absolute Gasteiger partial charge is 0.507 e. The van der Waals surface area contributed by atoms with E-state index in [1.807, 2.05) is 24.3 Å². The number of aliphatic hydroxyl groups excluding tert-OH is 1. The van der Waals surface area contributed by atoms with E-state index in [4.69, 9.17) is 10.2 Å². The highest BCUT2D eigenvalue weighted by Crippen LogP contribution is 2.29. The smallest absolute Gasteiger partial charge is 0.336 e. The lowest BCUT2D eigenvalue weighted by molar-refractivity contribution is -0.143. The third kappa shape index (κ3) is 2.33. The standard InChI is InChI=1S/C14H12O4/c15-12(14(17)18)8-7-10-6-5-9-3-1-2-4-11(9)13(10)16/h1-8,12,15-16H,(H,17,18)/b8-7-. The van der Waals surface area contributed by atoms with Gasteiger partial charge >= 0.3 is 5.97 Å². The van der Waals surface area contributed by atoms with Gasteiger partial charge in [-0.2, -0.15) is 0 Å². The quantitative estimate of drug-likeness (QED) is 0.771. The molecule has 18 heavy (non-hydrogen) atoms. The topological polar surface area (TPSA) is 77.8 Å². The van der Waals surface area contributed by atoms with Crippen LogP contribution in [0.3, 0.4) is 0 Å². The van der Waals surface area contributed by atoms with Crippen LogP contribution in [0.4, 0.5) is 0 Å². The molecule has 0 radical (unpaired) electrons. The third-order valence-electron chi connectivity index (χ3n) is 2.64. The maximum atomic E-state index is 10.5. The zero-order valence-electron chi connectivity index (χ0n) is 9.45. The number of carbonyl (C=O) groups is 1. The molecule has 0 saturated heterocycles. The lowest BCUT2D eigenvalue weighted by Crippen LogP contribution is -2.15. The maximum absolute atomic E-state index is 10.5. The van der Waals surface area contributed by atoms with Crippen molar-refractivity contribution in [1.82, 2.24) is 0 Å². The predicted octanol–water partition coefficient (Wildman–Crippen LogP) is 2.00. The number of phenolic OH excluding ortho intramolecular Hbond substituents is 1. The van der Waals surface area contributed by atoms with Crippen LogP contribution in [0.15, 0.2) is 42.5 Å². The lowest BCUT2D eigenvalue weighted by atomic mass is 10.0. The molecular weight excluding hydrogens is 232 g/mol. The summed E-state index contributed by atoms with van der Waals surface area (Å²) in [7, 11) is 0. The van der Waals surface area contributed by atoms with Crippen LogP contribution in [-0.2, 0) is 4.79 Å². The second kappa shape index (κ2) is 4.89. The van der Waals surface area contributed by atoms with E-state index in [2.05, 4.69) is 0 Å². The Bertz CT molecular complexity index is 616. The molecule has 4 nitrogen and oxygen atoms in total. The third-order valence-corrected chi connectivity index (χ3v) is 2.64. The highest BCUT2D eigenvalue weighted by molar-refractivity contribution is 5.91. The number of phenols is 1. The first-order valence-electron chi connectivity index (χ1n) is 5.39. The van der Waals surface area contributed by atoms with Crippen molar-refractivity contribution in [3.63, 3.8) is 0 Å². The molecule has 0 aliphatic rings. The molecular formula is C14H12O4. The molecule has 3 N–H and O–H groups in total. The lowest BCUT2D eigenvalue weighted by Gasteiger charge is -2.04. The van der Waals surface area contributed by atoms with Gasteiger partial charge in [0, 0.05) is 10.9 Å². The van der Waals surface area contributed by atoms with Crippen molar-refractivity contribution in [2.24, 2.45) is 0 Å². The van der Waals surface area contributed by atoms with Gasteiger partial charge in [-0.25, -0.2) is 4.79 Å². The average Bonchev–Trinajstić information content (AvgIpc) is 2.38. The van der Waals surface area contributed by atoms with E-state index >= 15 is 0 Å². The van der Waals surface area contributed by atoms with Crippen LogP contribution in [0.25, 0.3) is 16.8 Å². The first-order chi connectivity index (χ1) is 8.59. The van der Waals surface area contributed by atoms with E-state index < -0.39 is 12.1 Å². The molecule has 0 bridgehead atoms. The molecule has 2 aromatic rings. The van der Waals surface area contributed by atoms with Gasteiger partial charge in [0.25, 0.3) is 0 Å². The van der Waals surface area contributed by atoms with E-state index in [0.717, 1.165) is 11.5 Å². The Morgan fingerprint density at radius 3 is 2.61 bits per heavy atom. The van der Waals surface area contributed by atoms with E-state index in [1.54, 1.807) is 12.1 Å². The summed E-state index contributed by atoms with van der Waals surface area (Å²) < 4.78 is 0. The van der Waals surface area contributed by atoms with Crippen LogP contribution in [0.1, 0.15) is 5.56 Å². The van der Waals surface area contributed by atoms with Crippen LogP contribution < -0.4 is 0 Å². The van der Waals surface area contributed by atoms with Crippen LogP contribution >= 0.6 is 0 Å². The van der Waals surface area contributed by atoms with Crippen LogP contribution in [-0.4, -0.2) is 27.4 Å². The second-order valence-electron chi connectivity index (χ2n) is 3.87. The average molecular weight is 244 g/mol. The summed E-state index contributed by atoms with van der Waals surface area (Å²) in [5.74, 6) is -1.26. The SMILES string of the molecule is O=C(O)C(O)/C=C\c1ccc2ccccc2c1O. The molecule has 1 atom stereocenters. The minimum atomic E-state index is -1.57. The number of rotatable bonds is 3. The number of fused-ring (bicyclic) bond motifs is 1. The Hall–Kier alpha value is -2.33. The molecule has 0 saturated carbocycles. The highest BCUT2D eigenvalue weighted by atomic mass is 16.4. The second-order valence-corrected chi connectivity index (χ2v) is 3.87. The Morgan fingerprint density at radius 2 is 1.89 bits per heavy atom. The molecule has 0 aromatic heterocycles. The minimum absolute atomic E-state index is 0.0712. The monoisotopic (exact) mass is 244 g/mol. The molecule has 1 unspecified atom stereocenters. The van der Waals surface area contributed by atoms with Gasteiger partial charge in [-0.1, -0.05) is 42.5 Å². The molecule has 0 spiro atoms. The van der Waals surface area contributed by atoms with Crippen LogP contribution in [0, 0.1) is 0 Å². The molecule has 92 valence electrons. The van der Waals surface area contributed by atoms with Crippen LogP contribution in [0.5, 0.6) is 5.75 Å². The molecule has 2 aromatic carbocycles. The molecule has 2 rings (SSSR count). The number of benzene rings is 2. The molecule has 0 aliphatic heterocycles. The van der Waals surface area contributed by atoms with E-state index in [9.17, 15) is 9.90 Å². The van der Waals surface area contributed by atoms with Gasteiger partial charge in [0.05, 0.1) is 0 Å². The van der Waals surface area contributed by atoms with Crippen molar-refractivity contribution in [2.45, 2.75) is 6.10 Å². The molecule has 0 heterocycles. The number of aromatic hydroxyl groups is 1. The number of hydrogen-bond acceptors (Lipinski definition) is 3. The van der Waals surface area contributed by atoms with Crippen molar-refractivity contribution in [3.05, 3.63) is 48.0 Å². The Balaban J connectivity index is 2.41. The van der Waals surface area contributed by atoms with Gasteiger partial charge < -0.3 is 15.3 Å². The van der Waals surface area contributed by atoms with E-state index in [0.29, 0.717) is 10.9 Å². The first kappa shape index (κ1) is 12.1. The molecule has 0 amide bonds. The fourth-order valence-corrected chi connectivity index (χ4v) is 1.68. The first-order valence-corrected chi connectivity index (χ1v) is 5.39.